The molecule has 1 aromatic rings. The molecular formula is C54H75NO7. The van der Waals surface area contributed by atoms with E-state index in [0.717, 1.165) is 95.7 Å². The summed E-state index contributed by atoms with van der Waals surface area (Å²) in [6.45, 7) is 12.4. The molecule has 16 atom stereocenters. The van der Waals surface area contributed by atoms with Crippen molar-refractivity contribution in [1.29, 1.82) is 0 Å². The van der Waals surface area contributed by atoms with Gasteiger partial charge < -0.3 is 30.1 Å². The van der Waals surface area contributed by atoms with Gasteiger partial charge in [-0.15, -0.1) is 5.92 Å². The molecule has 6 fully saturated rings. The van der Waals surface area contributed by atoms with Crippen LogP contribution in [0.1, 0.15) is 149 Å². The van der Waals surface area contributed by atoms with E-state index in [9.17, 15) is 30.0 Å². The Kier molecular flexibility index (Phi) is 11.8. The smallest absolute Gasteiger partial charge is 0.303 e. The van der Waals surface area contributed by atoms with Crippen molar-refractivity contribution in [1.82, 2.24) is 0 Å². The molecule has 0 aromatic heterocycles. The molecule has 338 valence electrons. The lowest BCUT2D eigenvalue weighted by atomic mass is 9.43. The van der Waals surface area contributed by atoms with Gasteiger partial charge in [-0.05, 0) is 190 Å². The number of likely N-dealkylation sites (N-methyl/N-ethyl adjacent to an activating group) is 1. The topological polar surface area (TPSA) is 128 Å². The van der Waals surface area contributed by atoms with Gasteiger partial charge >= 0.3 is 5.97 Å². The van der Waals surface area contributed by atoms with Crippen LogP contribution in [0, 0.1) is 75.4 Å². The molecule has 8 aliphatic rings. The normalized spacial score (nSPS) is 43.7. The molecule has 0 aliphatic heterocycles. The Hall–Kier alpha value is -2.96. The zero-order valence-electron chi connectivity index (χ0n) is 38.5. The van der Waals surface area contributed by atoms with Crippen LogP contribution in [0.3, 0.4) is 0 Å². The minimum Gasteiger partial charge on any atom is -0.481 e. The number of aliphatic hydroxyl groups is 3. The molecule has 9 rings (SSSR count). The van der Waals surface area contributed by atoms with Gasteiger partial charge in [0.05, 0.1) is 24.9 Å². The molecule has 62 heavy (non-hydrogen) atoms. The van der Waals surface area contributed by atoms with Crippen LogP contribution in [-0.2, 0) is 14.3 Å². The van der Waals surface area contributed by atoms with E-state index in [2.05, 4.69) is 75.7 Å². The van der Waals surface area contributed by atoms with Gasteiger partial charge in [-0.3, -0.25) is 9.59 Å². The third-order valence-electron chi connectivity index (χ3n) is 20.0. The fraction of sp³-hybridized carbons (Fsp3) is 0.741. The lowest BCUT2D eigenvalue weighted by Crippen LogP contribution is -2.62. The van der Waals surface area contributed by atoms with Gasteiger partial charge in [0.15, 0.2) is 5.78 Å². The zero-order chi connectivity index (χ0) is 43.9. The molecule has 8 aliphatic carbocycles. The van der Waals surface area contributed by atoms with Crippen LogP contribution in [0.2, 0.25) is 0 Å². The summed E-state index contributed by atoms with van der Waals surface area (Å²) >= 11 is 0. The van der Waals surface area contributed by atoms with E-state index in [1.807, 2.05) is 13.0 Å². The van der Waals surface area contributed by atoms with Gasteiger partial charge in [-0.1, -0.05) is 51.3 Å². The van der Waals surface area contributed by atoms with Crippen LogP contribution in [0.15, 0.2) is 47.1 Å². The van der Waals surface area contributed by atoms with Crippen LogP contribution in [0.5, 0.6) is 0 Å². The highest BCUT2D eigenvalue weighted by Gasteiger charge is 2.66. The van der Waals surface area contributed by atoms with E-state index in [1.165, 1.54) is 22.3 Å². The number of rotatable bonds is 10. The molecule has 0 heterocycles. The maximum atomic E-state index is 12.5. The molecule has 0 amide bonds. The molecule has 0 bridgehead atoms. The van der Waals surface area contributed by atoms with Crippen LogP contribution in [0.4, 0.5) is 5.69 Å². The van der Waals surface area contributed by atoms with E-state index in [0.29, 0.717) is 37.2 Å². The Morgan fingerprint density at radius 1 is 0.952 bits per heavy atom. The predicted molar refractivity (Wildman–Crippen MR) is 242 cm³/mol. The fourth-order valence-electron chi connectivity index (χ4n) is 16.6. The van der Waals surface area contributed by atoms with Gasteiger partial charge in [0.2, 0.25) is 0 Å². The number of hydrogen-bond acceptors (Lipinski definition) is 7. The van der Waals surface area contributed by atoms with Crippen LogP contribution in [0.25, 0.3) is 0 Å². The molecule has 8 heteroatoms. The van der Waals surface area contributed by atoms with Crippen molar-refractivity contribution in [3.05, 3.63) is 52.6 Å². The number of carbonyl (C=O) groups excluding carboxylic acids is 1. The number of fused-ring (bicyclic) bond motifs is 9. The monoisotopic (exact) mass is 850 g/mol. The van der Waals surface area contributed by atoms with E-state index in [4.69, 9.17) is 4.74 Å². The van der Waals surface area contributed by atoms with E-state index >= 15 is 0 Å². The van der Waals surface area contributed by atoms with Crippen molar-refractivity contribution in [2.24, 2.45) is 63.6 Å². The second kappa shape index (κ2) is 16.5. The molecule has 0 spiro atoms. The second-order valence-corrected chi connectivity index (χ2v) is 22.6. The zero-order valence-corrected chi connectivity index (χ0v) is 38.5. The first kappa shape index (κ1) is 44.3. The average Bonchev–Trinajstić information content (AvgIpc) is 3.73. The Labute approximate surface area is 371 Å². The summed E-state index contributed by atoms with van der Waals surface area (Å²) in [5.74, 6) is 8.46. The Bertz CT molecular complexity index is 2030. The van der Waals surface area contributed by atoms with Crippen LogP contribution < -0.4 is 4.90 Å². The Balaban J connectivity index is 0.842. The number of benzene rings is 1. The summed E-state index contributed by atoms with van der Waals surface area (Å²) in [5.41, 5.74) is 5.16. The summed E-state index contributed by atoms with van der Waals surface area (Å²) in [4.78, 5) is 26.2. The second-order valence-electron chi connectivity index (χ2n) is 22.6. The molecule has 1 aromatic carbocycles. The number of ketones is 1. The minimum absolute atomic E-state index is 0.0643. The lowest BCUT2D eigenvalue weighted by Gasteiger charge is -2.63. The van der Waals surface area contributed by atoms with Crippen molar-refractivity contribution in [3.63, 3.8) is 0 Å². The number of ether oxygens (including phenoxy) is 1. The number of nitrogens with zero attached hydrogens (tertiary/aromatic N) is 1. The number of allylic oxidation sites excluding steroid dienone is 4. The quantitative estimate of drug-likeness (QED) is 0.172. The van der Waals surface area contributed by atoms with Gasteiger partial charge in [0.1, 0.15) is 5.60 Å². The van der Waals surface area contributed by atoms with Crippen molar-refractivity contribution in [2.45, 2.75) is 167 Å². The summed E-state index contributed by atoms with van der Waals surface area (Å²) in [5, 5.41) is 45.4. The highest BCUT2D eigenvalue weighted by molar-refractivity contribution is 5.93. The number of carbonyl (C=O) groups is 2. The molecule has 0 radical (unpaired) electrons. The molecule has 4 N–H and O–H groups in total. The summed E-state index contributed by atoms with van der Waals surface area (Å²) in [6, 6.07) is 9.10. The maximum absolute atomic E-state index is 12.5. The first-order valence-electron chi connectivity index (χ1n) is 24.7. The largest absolute Gasteiger partial charge is 0.481 e. The first-order chi connectivity index (χ1) is 29.5. The third-order valence-corrected chi connectivity index (χ3v) is 20.0. The molecule has 0 saturated heterocycles. The molecule has 8 nitrogen and oxygen atoms in total. The summed E-state index contributed by atoms with van der Waals surface area (Å²) in [6.07, 6.45) is 14.6. The lowest BCUT2D eigenvalue weighted by molar-refractivity contribution is -0.209. The third kappa shape index (κ3) is 7.08. The highest BCUT2D eigenvalue weighted by Crippen LogP contribution is 2.69. The van der Waals surface area contributed by atoms with Gasteiger partial charge in [0, 0.05) is 43.5 Å². The Morgan fingerprint density at radius 2 is 1.73 bits per heavy atom. The number of aliphatic carboxylic acids is 1. The van der Waals surface area contributed by atoms with Gasteiger partial charge in [0.25, 0.3) is 0 Å². The standard InChI is InChI=1S/C54H75NO7/c1-7-22-54(61)24-21-43-40-15-11-34-27-37(56)14-16-39(34)49(40)41(31-52(43,54)4)33-9-12-36(13-10-33)55(6)25-26-62-38-20-23-51(3)35(28-38)29-46(57)50-44-18-17-42(32(2)8-19-48(59)60)53(44,5)47(58)30-45(50)51/h9-10,12-13,27,32,35,38,40-47,50,57-58,61H,8,11,14-21,23-26,28-31H2,1-6H3,(H,59,60)/t32-,35+,38+,40+,41-,42-,43+,44+,45+,46-,47+,50+,51+,52+,53-,54+/m1/s1. The van der Waals surface area contributed by atoms with E-state index in [1.54, 1.807) is 0 Å². The number of aliphatic hydroxyl groups excluding tert-OH is 2. The SMILES string of the molecule is CC#C[C@]1(O)CC[C@H]2[C@@H]3CCC4=CC(=O)CCC4=C3[C@@H](c3ccc(N(C)CCO[C@H]4CC[C@@]5(C)[C@@H](C4)C[C@@H](O)[C@@H]4[C@@H]5C[C@H](O)[C@]5(C)[C@@H]([C@H](C)CCC(=O)O)CC[C@@H]45)cc3)C[C@@]21C. The first-order valence-corrected chi connectivity index (χ1v) is 24.7. The number of carboxylic acids is 1. The van der Waals surface area contributed by atoms with E-state index < -0.39 is 17.7 Å². The predicted octanol–water partition coefficient (Wildman–Crippen LogP) is 9.26. The van der Waals surface area contributed by atoms with Crippen molar-refractivity contribution in [3.8, 4) is 11.8 Å². The highest BCUT2D eigenvalue weighted by atomic mass is 16.5. The van der Waals surface area contributed by atoms with Gasteiger partial charge in [-0.25, -0.2) is 0 Å². The minimum atomic E-state index is -0.985. The molecule has 6 saturated carbocycles. The molecular weight excluding hydrogens is 775 g/mol. The van der Waals surface area contributed by atoms with Crippen LogP contribution in [-0.4, -0.2) is 76.3 Å². The number of anilines is 1. The van der Waals surface area contributed by atoms with Crippen molar-refractivity contribution >= 4 is 17.4 Å². The fourth-order valence-corrected chi connectivity index (χ4v) is 16.6. The Morgan fingerprint density at radius 3 is 2.47 bits per heavy atom. The number of carboxylic acid groups (broad SMARTS) is 1. The van der Waals surface area contributed by atoms with E-state index in [-0.39, 0.29) is 76.2 Å². The van der Waals surface area contributed by atoms with Gasteiger partial charge in [-0.2, -0.15) is 0 Å². The summed E-state index contributed by atoms with van der Waals surface area (Å²) in [7, 11) is 2.14. The molecule has 0 unspecified atom stereocenters. The summed E-state index contributed by atoms with van der Waals surface area (Å²) < 4.78 is 6.67. The van der Waals surface area contributed by atoms with Crippen molar-refractivity contribution in [2.75, 3.05) is 25.1 Å². The average molecular weight is 850 g/mol. The van der Waals surface area contributed by atoms with Crippen molar-refractivity contribution < 1.29 is 34.8 Å². The van der Waals surface area contributed by atoms with Crippen LogP contribution >= 0.6 is 0 Å². The number of hydrogen-bond donors (Lipinski definition) is 4. The maximum Gasteiger partial charge on any atom is 0.303 e.